The molecule has 0 unspecified atom stereocenters. The minimum atomic E-state index is -0.247. The normalized spacial score (nSPS) is 11.5. The number of aromatic amines is 2. The molecule has 1 aromatic carbocycles. The Labute approximate surface area is 140 Å². The molecule has 5 rings (SSSR count). The lowest BCUT2D eigenvalue weighted by Gasteiger charge is -1.95. The van der Waals surface area contributed by atoms with Crippen molar-refractivity contribution in [1.82, 2.24) is 19.9 Å². The Morgan fingerprint density at radius 3 is 2.71 bits per heavy atom. The van der Waals surface area contributed by atoms with Gasteiger partial charge in [0.15, 0.2) is 0 Å². The molecule has 4 aromatic heterocycles. The zero-order valence-corrected chi connectivity index (χ0v) is 13.2. The number of nitrogens with zero attached hydrogens (tertiary/aromatic N) is 2. The number of H-pyrrole nitrogens is 2. The molecule has 0 fully saturated rings. The van der Waals surface area contributed by atoms with Crippen molar-refractivity contribution in [3.63, 3.8) is 0 Å². The first-order valence-electron chi connectivity index (χ1n) is 7.43. The number of halogens is 1. The zero-order chi connectivity index (χ0) is 16.1. The van der Waals surface area contributed by atoms with Gasteiger partial charge in [-0.05, 0) is 24.3 Å². The second-order valence-electron chi connectivity index (χ2n) is 5.55. The molecule has 0 bridgehead atoms. The Kier molecular flexibility index (Phi) is 2.80. The third-order valence-electron chi connectivity index (χ3n) is 4.14. The van der Waals surface area contributed by atoms with Crippen LogP contribution in [0.3, 0.4) is 0 Å². The Balaban J connectivity index is 1.65. The quantitative estimate of drug-likeness (QED) is 0.479. The van der Waals surface area contributed by atoms with E-state index in [2.05, 4.69) is 15.0 Å². The summed E-state index contributed by atoms with van der Waals surface area (Å²) < 4.78 is 13.6. The molecule has 0 aliphatic rings. The Morgan fingerprint density at radius 1 is 0.958 bits per heavy atom. The summed E-state index contributed by atoms with van der Waals surface area (Å²) in [4.78, 5) is 15.3. The van der Waals surface area contributed by atoms with Crippen molar-refractivity contribution in [2.45, 2.75) is 0 Å². The van der Waals surface area contributed by atoms with E-state index in [9.17, 15) is 4.39 Å². The molecule has 0 amide bonds. The summed E-state index contributed by atoms with van der Waals surface area (Å²) in [6, 6.07) is 6.68. The van der Waals surface area contributed by atoms with E-state index in [4.69, 9.17) is 4.98 Å². The fraction of sp³-hybridized carbons (Fsp3) is 0. The number of hydrogen-bond acceptors (Lipinski definition) is 3. The standard InChI is InChI=1S/C18H11FN4S/c19-10-1-2-15-11(5-10)14(8-22-15)18-23-17(9-24-18)13-7-21-16-3-4-20-6-12(13)16/h1-9,21-22H. The van der Waals surface area contributed by atoms with Crippen molar-refractivity contribution in [3.05, 3.63) is 60.3 Å². The number of aromatic nitrogens is 4. The molecule has 0 aliphatic heterocycles. The average molecular weight is 334 g/mol. The maximum absolute atomic E-state index is 13.6. The van der Waals surface area contributed by atoms with Crippen LogP contribution in [0.15, 0.2) is 54.4 Å². The predicted molar refractivity (Wildman–Crippen MR) is 94.5 cm³/mol. The van der Waals surface area contributed by atoms with Gasteiger partial charge >= 0.3 is 0 Å². The minimum absolute atomic E-state index is 0.247. The smallest absolute Gasteiger partial charge is 0.126 e. The van der Waals surface area contributed by atoms with Crippen LogP contribution >= 0.6 is 11.3 Å². The summed E-state index contributed by atoms with van der Waals surface area (Å²) in [7, 11) is 0. The number of benzene rings is 1. The molecule has 0 atom stereocenters. The van der Waals surface area contributed by atoms with Crippen molar-refractivity contribution in [2.75, 3.05) is 0 Å². The molecule has 24 heavy (non-hydrogen) atoms. The monoisotopic (exact) mass is 334 g/mol. The predicted octanol–water partition coefficient (Wildman–Crippen LogP) is 4.97. The van der Waals surface area contributed by atoms with Crippen LogP contribution in [0.2, 0.25) is 0 Å². The largest absolute Gasteiger partial charge is 0.360 e. The highest BCUT2D eigenvalue weighted by molar-refractivity contribution is 7.13. The molecular weight excluding hydrogens is 323 g/mol. The lowest BCUT2D eigenvalue weighted by Crippen LogP contribution is -1.79. The molecule has 0 spiro atoms. The van der Waals surface area contributed by atoms with Crippen molar-refractivity contribution < 1.29 is 4.39 Å². The van der Waals surface area contributed by atoms with Crippen molar-refractivity contribution in [1.29, 1.82) is 0 Å². The van der Waals surface area contributed by atoms with E-state index in [1.165, 1.54) is 12.1 Å². The van der Waals surface area contributed by atoms with Gasteiger partial charge in [-0.2, -0.15) is 0 Å². The number of nitrogens with one attached hydrogen (secondary N) is 2. The summed E-state index contributed by atoms with van der Waals surface area (Å²) in [5, 5.41) is 4.76. The molecule has 6 heteroatoms. The lowest BCUT2D eigenvalue weighted by molar-refractivity contribution is 0.630. The Morgan fingerprint density at radius 2 is 1.79 bits per heavy atom. The number of fused-ring (bicyclic) bond motifs is 2. The fourth-order valence-electron chi connectivity index (χ4n) is 2.97. The van der Waals surface area contributed by atoms with Crippen LogP contribution < -0.4 is 0 Å². The molecule has 116 valence electrons. The van der Waals surface area contributed by atoms with E-state index < -0.39 is 0 Å². The molecule has 2 N–H and O–H groups in total. The van der Waals surface area contributed by atoms with Gasteiger partial charge in [-0.1, -0.05) is 0 Å². The third kappa shape index (κ3) is 1.97. The number of pyridine rings is 1. The number of hydrogen-bond donors (Lipinski definition) is 2. The highest BCUT2D eigenvalue weighted by Crippen LogP contribution is 2.35. The number of rotatable bonds is 2. The highest BCUT2D eigenvalue weighted by atomic mass is 32.1. The Hall–Kier alpha value is -2.99. The van der Waals surface area contributed by atoms with Crippen LogP contribution in [-0.2, 0) is 0 Å². The van der Waals surface area contributed by atoms with Gasteiger partial charge in [-0.3, -0.25) is 4.98 Å². The topological polar surface area (TPSA) is 57.4 Å². The zero-order valence-electron chi connectivity index (χ0n) is 12.4. The van der Waals surface area contributed by atoms with Crippen LogP contribution in [0.5, 0.6) is 0 Å². The van der Waals surface area contributed by atoms with E-state index in [0.29, 0.717) is 0 Å². The van der Waals surface area contributed by atoms with E-state index in [1.54, 1.807) is 23.6 Å². The van der Waals surface area contributed by atoms with Crippen molar-refractivity contribution in [2.24, 2.45) is 0 Å². The second kappa shape index (κ2) is 5.01. The van der Waals surface area contributed by atoms with Crippen LogP contribution in [0.1, 0.15) is 0 Å². The average Bonchev–Trinajstić information content (AvgIpc) is 3.31. The summed E-state index contributed by atoms with van der Waals surface area (Å²) in [5.74, 6) is -0.247. The summed E-state index contributed by atoms with van der Waals surface area (Å²) >= 11 is 1.55. The molecule has 4 heterocycles. The van der Waals surface area contributed by atoms with E-state index >= 15 is 0 Å². The molecule has 0 saturated heterocycles. The van der Waals surface area contributed by atoms with Gasteiger partial charge in [0.05, 0.1) is 5.69 Å². The molecule has 0 saturated carbocycles. The first-order chi connectivity index (χ1) is 11.8. The summed E-state index contributed by atoms with van der Waals surface area (Å²) in [5.41, 5.74) is 4.76. The van der Waals surface area contributed by atoms with Gasteiger partial charge in [0.1, 0.15) is 10.8 Å². The molecule has 0 aliphatic carbocycles. The number of thiazole rings is 1. The molecule has 0 radical (unpaired) electrons. The highest BCUT2D eigenvalue weighted by Gasteiger charge is 2.14. The summed E-state index contributed by atoms with van der Waals surface area (Å²) in [6.45, 7) is 0. The minimum Gasteiger partial charge on any atom is -0.360 e. The second-order valence-corrected chi connectivity index (χ2v) is 6.41. The first-order valence-corrected chi connectivity index (χ1v) is 8.31. The fourth-order valence-corrected chi connectivity index (χ4v) is 3.82. The van der Waals surface area contributed by atoms with Gasteiger partial charge in [0.2, 0.25) is 0 Å². The van der Waals surface area contributed by atoms with Crippen molar-refractivity contribution >= 4 is 33.1 Å². The van der Waals surface area contributed by atoms with Crippen LogP contribution in [0.25, 0.3) is 43.6 Å². The van der Waals surface area contributed by atoms with E-state index in [-0.39, 0.29) is 5.82 Å². The molecular formula is C18H11FN4S. The summed E-state index contributed by atoms with van der Waals surface area (Å²) in [6.07, 6.45) is 7.42. The lowest BCUT2D eigenvalue weighted by atomic mass is 10.1. The molecule has 4 nitrogen and oxygen atoms in total. The Bertz CT molecular complexity index is 1180. The first kappa shape index (κ1) is 13.4. The van der Waals surface area contributed by atoms with Gasteiger partial charge < -0.3 is 9.97 Å². The van der Waals surface area contributed by atoms with Crippen LogP contribution in [0.4, 0.5) is 4.39 Å². The van der Waals surface area contributed by atoms with Crippen LogP contribution in [-0.4, -0.2) is 19.9 Å². The maximum atomic E-state index is 13.6. The van der Waals surface area contributed by atoms with Crippen LogP contribution in [0, 0.1) is 5.82 Å². The van der Waals surface area contributed by atoms with Gasteiger partial charge in [-0.15, -0.1) is 11.3 Å². The van der Waals surface area contributed by atoms with Gasteiger partial charge in [-0.25, -0.2) is 9.37 Å². The van der Waals surface area contributed by atoms with Gasteiger partial charge in [0, 0.05) is 63.1 Å². The van der Waals surface area contributed by atoms with Gasteiger partial charge in [0.25, 0.3) is 0 Å². The molecule has 5 aromatic rings. The third-order valence-corrected chi connectivity index (χ3v) is 5.01. The van der Waals surface area contributed by atoms with E-state index in [0.717, 1.165) is 43.6 Å². The SMILES string of the molecule is Fc1ccc2[nH]cc(-c3nc(-c4c[nH]c5ccncc45)cs3)c2c1. The maximum Gasteiger partial charge on any atom is 0.126 e. The van der Waals surface area contributed by atoms with E-state index in [1.807, 2.05) is 30.0 Å². The van der Waals surface area contributed by atoms with Crippen molar-refractivity contribution in [3.8, 4) is 21.8 Å².